The average Bonchev–Trinajstić information content (AvgIpc) is 2.38. The Kier molecular flexibility index (Phi) is 4.25. The lowest BCUT2D eigenvalue weighted by Gasteiger charge is -2.43. The predicted molar refractivity (Wildman–Crippen MR) is 73.0 cm³/mol. The van der Waals surface area contributed by atoms with Crippen molar-refractivity contribution in [1.82, 2.24) is 5.32 Å². The van der Waals surface area contributed by atoms with Gasteiger partial charge in [-0.3, -0.25) is 0 Å². The van der Waals surface area contributed by atoms with Crippen LogP contribution < -0.4 is 10.1 Å². The van der Waals surface area contributed by atoms with Gasteiger partial charge in [-0.05, 0) is 38.8 Å². The summed E-state index contributed by atoms with van der Waals surface area (Å²) in [6, 6.07) is 8.48. The summed E-state index contributed by atoms with van der Waals surface area (Å²) in [5.74, 6) is 0.947. The van der Waals surface area contributed by atoms with E-state index in [1.165, 1.54) is 12.0 Å². The minimum atomic E-state index is 0.0640. The predicted octanol–water partition coefficient (Wildman–Crippen LogP) is 2.91. The van der Waals surface area contributed by atoms with E-state index in [0.717, 1.165) is 25.0 Å². The lowest BCUT2D eigenvalue weighted by Crippen LogP contribution is -2.42. The maximum Gasteiger partial charge on any atom is 0.123 e. The molecule has 1 saturated carbocycles. The van der Waals surface area contributed by atoms with Crippen LogP contribution in [0.25, 0.3) is 0 Å². The third-order valence-electron chi connectivity index (χ3n) is 4.14. The van der Waals surface area contributed by atoms with E-state index in [0.29, 0.717) is 0 Å². The van der Waals surface area contributed by atoms with Crippen molar-refractivity contribution in [2.45, 2.75) is 37.3 Å². The fourth-order valence-corrected chi connectivity index (χ4v) is 2.76. The summed E-state index contributed by atoms with van der Waals surface area (Å²) in [5, 5.41) is 3.39. The number of benzene rings is 1. The Bertz CT molecular complexity index is 382. The molecule has 0 saturated heterocycles. The highest BCUT2D eigenvalue weighted by Gasteiger charge is 2.39. The summed E-state index contributed by atoms with van der Waals surface area (Å²) in [6.45, 7) is 0. The lowest BCUT2D eigenvalue weighted by atomic mass is 9.74. The number of hydrogen-bond acceptors (Lipinski definition) is 3. The van der Waals surface area contributed by atoms with E-state index in [-0.39, 0.29) is 11.6 Å². The minimum absolute atomic E-state index is 0.0640. The summed E-state index contributed by atoms with van der Waals surface area (Å²) >= 11 is 0. The van der Waals surface area contributed by atoms with Gasteiger partial charge in [-0.15, -0.1) is 0 Å². The van der Waals surface area contributed by atoms with Crippen molar-refractivity contribution < 1.29 is 9.47 Å². The van der Waals surface area contributed by atoms with Crippen LogP contribution in [0.4, 0.5) is 0 Å². The summed E-state index contributed by atoms with van der Waals surface area (Å²) in [7, 11) is 5.55. The molecule has 1 aliphatic rings. The Labute approximate surface area is 109 Å². The van der Waals surface area contributed by atoms with Gasteiger partial charge in [0.2, 0.25) is 0 Å². The SMILES string of the molecule is CNC(CC1(OC)CCC1)c1ccccc1OC. The largest absolute Gasteiger partial charge is 0.496 e. The Balaban J connectivity index is 2.17. The van der Waals surface area contributed by atoms with Crippen LogP contribution in [-0.2, 0) is 4.74 Å². The first-order valence-electron chi connectivity index (χ1n) is 6.60. The minimum Gasteiger partial charge on any atom is -0.496 e. The van der Waals surface area contributed by atoms with Gasteiger partial charge in [-0.1, -0.05) is 18.2 Å². The third kappa shape index (κ3) is 2.52. The van der Waals surface area contributed by atoms with E-state index in [9.17, 15) is 0 Å². The number of nitrogens with one attached hydrogen (secondary N) is 1. The maximum atomic E-state index is 5.72. The van der Waals surface area contributed by atoms with E-state index < -0.39 is 0 Å². The van der Waals surface area contributed by atoms with Gasteiger partial charge in [0.25, 0.3) is 0 Å². The molecule has 0 aliphatic heterocycles. The van der Waals surface area contributed by atoms with E-state index in [1.807, 2.05) is 26.3 Å². The Morgan fingerprint density at radius 1 is 1.28 bits per heavy atom. The molecule has 0 amide bonds. The van der Waals surface area contributed by atoms with Crippen molar-refractivity contribution in [2.75, 3.05) is 21.3 Å². The first-order valence-corrected chi connectivity index (χ1v) is 6.60. The van der Waals surface area contributed by atoms with Crippen molar-refractivity contribution in [2.24, 2.45) is 0 Å². The zero-order chi connectivity index (χ0) is 13.0. The first kappa shape index (κ1) is 13.4. The molecule has 0 heterocycles. The molecule has 0 bridgehead atoms. The summed E-state index contributed by atoms with van der Waals surface area (Å²) in [6.07, 6.45) is 4.60. The monoisotopic (exact) mass is 249 g/mol. The fourth-order valence-electron chi connectivity index (χ4n) is 2.76. The van der Waals surface area contributed by atoms with Gasteiger partial charge in [0.15, 0.2) is 0 Å². The van der Waals surface area contributed by atoms with Crippen LogP contribution in [0.1, 0.15) is 37.3 Å². The second-order valence-corrected chi connectivity index (χ2v) is 5.03. The van der Waals surface area contributed by atoms with E-state index in [1.54, 1.807) is 7.11 Å². The lowest BCUT2D eigenvalue weighted by molar-refractivity contribution is -0.0835. The van der Waals surface area contributed by atoms with Crippen LogP contribution >= 0.6 is 0 Å². The molecule has 0 spiro atoms. The summed E-state index contributed by atoms with van der Waals surface area (Å²) < 4.78 is 11.2. The fraction of sp³-hybridized carbons (Fsp3) is 0.600. The molecular formula is C15H23NO2. The van der Waals surface area contributed by atoms with Gasteiger partial charge >= 0.3 is 0 Å². The smallest absolute Gasteiger partial charge is 0.123 e. The van der Waals surface area contributed by atoms with Crippen molar-refractivity contribution in [3.63, 3.8) is 0 Å². The molecular weight excluding hydrogens is 226 g/mol. The van der Waals surface area contributed by atoms with Gasteiger partial charge in [0, 0.05) is 18.7 Å². The van der Waals surface area contributed by atoms with Crippen molar-refractivity contribution in [3.8, 4) is 5.75 Å². The number of methoxy groups -OCH3 is 2. The normalized spacial score (nSPS) is 19.1. The molecule has 0 aromatic heterocycles. The van der Waals surface area contributed by atoms with Crippen LogP contribution in [0, 0.1) is 0 Å². The molecule has 1 unspecified atom stereocenters. The molecule has 1 N–H and O–H groups in total. The highest BCUT2D eigenvalue weighted by atomic mass is 16.5. The van der Waals surface area contributed by atoms with Crippen molar-refractivity contribution in [3.05, 3.63) is 29.8 Å². The highest BCUT2D eigenvalue weighted by Crippen LogP contribution is 2.42. The zero-order valence-corrected chi connectivity index (χ0v) is 11.5. The van der Waals surface area contributed by atoms with Gasteiger partial charge in [-0.2, -0.15) is 0 Å². The van der Waals surface area contributed by atoms with Gasteiger partial charge in [-0.25, -0.2) is 0 Å². The third-order valence-corrected chi connectivity index (χ3v) is 4.14. The maximum absolute atomic E-state index is 5.72. The molecule has 1 aliphatic carbocycles. The average molecular weight is 249 g/mol. The van der Waals surface area contributed by atoms with Crippen LogP contribution in [-0.4, -0.2) is 26.9 Å². The Morgan fingerprint density at radius 2 is 2.00 bits per heavy atom. The highest BCUT2D eigenvalue weighted by molar-refractivity contribution is 5.36. The zero-order valence-electron chi connectivity index (χ0n) is 11.5. The molecule has 1 aromatic rings. The van der Waals surface area contributed by atoms with Gasteiger partial charge in [0.05, 0.1) is 12.7 Å². The summed E-state index contributed by atoms with van der Waals surface area (Å²) in [4.78, 5) is 0. The first-order chi connectivity index (χ1) is 8.74. The molecule has 1 atom stereocenters. The molecule has 3 nitrogen and oxygen atoms in total. The molecule has 0 radical (unpaired) electrons. The quantitative estimate of drug-likeness (QED) is 0.841. The molecule has 2 rings (SSSR count). The summed E-state index contributed by atoms with van der Waals surface area (Å²) in [5.41, 5.74) is 1.28. The second kappa shape index (κ2) is 5.72. The van der Waals surface area contributed by atoms with Crippen LogP contribution in [0.3, 0.4) is 0 Å². The standard InChI is InChI=1S/C15H23NO2/c1-16-13(11-15(18-3)9-6-10-15)12-7-4-5-8-14(12)17-2/h4-5,7-8,13,16H,6,9-11H2,1-3H3. The van der Waals surface area contributed by atoms with E-state index in [4.69, 9.17) is 9.47 Å². The van der Waals surface area contributed by atoms with Crippen molar-refractivity contribution in [1.29, 1.82) is 0 Å². The van der Waals surface area contributed by atoms with Gasteiger partial charge < -0.3 is 14.8 Å². The molecule has 100 valence electrons. The number of para-hydroxylation sites is 1. The topological polar surface area (TPSA) is 30.5 Å². The number of ether oxygens (including phenoxy) is 2. The van der Waals surface area contributed by atoms with Crippen molar-refractivity contribution >= 4 is 0 Å². The van der Waals surface area contributed by atoms with Crippen LogP contribution in [0.15, 0.2) is 24.3 Å². The number of hydrogen-bond donors (Lipinski definition) is 1. The van der Waals surface area contributed by atoms with Crippen LogP contribution in [0.5, 0.6) is 5.75 Å². The molecule has 18 heavy (non-hydrogen) atoms. The molecule has 1 fully saturated rings. The Hall–Kier alpha value is -1.06. The second-order valence-electron chi connectivity index (χ2n) is 5.03. The van der Waals surface area contributed by atoms with E-state index in [2.05, 4.69) is 17.4 Å². The Morgan fingerprint density at radius 3 is 2.50 bits per heavy atom. The molecule has 3 heteroatoms. The van der Waals surface area contributed by atoms with E-state index >= 15 is 0 Å². The number of rotatable bonds is 6. The molecule has 1 aromatic carbocycles. The van der Waals surface area contributed by atoms with Gasteiger partial charge in [0.1, 0.15) is 5.75 Å². The van der Waals surface area contributed by atoms with Crippen LogP contribution in [0.2, 0.25) is 0 Å².